The van der Waals surface area contributed by atoms with Gasteiger partial charge in [0.05, 0.1) is 19.0 Å². The fraction of sp³-hybridized carbons (Fsp3) is 0.400. The summed E-state index contributed by atoms with van der Waals surface area (Å²) in [6.45, 7) is 0. The molecule has 0 saturated heterocycles. The first-order chi connectivity index (χ1) is 7.31. The van der Waals surface area contributed by atoms with Gasteiger partial charge in [-0.05, 0) is 12.8 Å². The maximum atomic E-state index is 6.20. The number of methoxy groups -OCH3 is 1. The normalized spacial score (nSPS) is 15.9. The van der Waals surface area contributed by atoms with E-state index in [0.29, 0.717) is 16.8 Å². The van der Waals surface area contributed by atoms with Gasteiger partial charge >= 0.3 is 0 Å². The van der Waals surface area contributed by atoms with Crippen molar-refractivity contribution in [1.82, 2.24) is 14.6 Å². The molecule has 0 unspecified atom stereocenters. The molecule has 0 atom stereocenters. The van der Waals surface area contributed by atoms with Crippen LogP contribution in [0, 0.1) is 0 Å². The van der Waals surface area contributed by atoms with E-state index in [-0.39, 0.29) is 0 Å². The average Bonchev–Trinajstić information content (AvgIpc) is 2.97. The Hall–Kier alpha value is -1.29. The quantitative estimate of drug-likeness (QED) is 0.734. The number of halogens is 1. The number of nitrogens with zero attached hydrogens (tertiary/aromatic N) is 3. The third-order valence-corrected chi connectivity index (χ3v) is 2.96. The third kappa shape index (κ3) is 1.28. The number of rotatable bonds is 2. The predicted octanol–water partition coefficient (Wildman–Crippen LogP) is 2.27. The van der Waals surface area contributed by atoms with Crippen LogP contribution in [0.5, 0.6) is 5.75 Å². The summed E-state index contributed by atoms with van der Waals surface area (Å²) in [6, 6.07) is 1.84. The summed E-state index contributed by atoms with van der Waals surface area (Å²) >= 11 is 6.20. The first-order valence-corrected chi connectivity index (χ1v) is 5.26. The Kier molecular flexibility index (Phi) is 1.85. The first kappa shape index (κ1) is 8.97. The van der Waals surface area contributed by atoms with Crippen LogP contribution >= 0.6 is 11.6 Å². The van der Waals surface area contributed by atoms with Crippen molar-refractivity contribution in [3.8, 4) is 5.75 Å². The van der Waals surface area contributed by atoms with Gasteiger partial charge in [0.2, 0.25) is 0 Å². The molecule has 4 nitrogen and oxygen atoms in total. The van der Waals surface area contributed by atoms with E-state index in [1.807, 2.05) is 6.07 Å². The molecule has 0 amide bonds. The highest BCUT2D eigenvalue weighted by atomic mass is 35.5. The maximum absolute atomic E-state index is 6.20. The third-order valence-electron chi connectivity index (χ3n) is 2.63. The smallest absolute Gasteiger partial charge is 0.178 e. The zero-order chi connectivity index (χ0) is 10.4. The summed E-state index contributed by atoms with van der Waals surface area (Å²) in [4.78, 5) is 4.52. The molecule has 1 aliphatic rings. The summed E-state index contributed by atoms with van der Waals surface area (Å²) in [5, 5.41) is 4.60. The highest BCUT2D eigenvalue weighted by Gasteiger charge is 2.30. The minimum atomic E-state index is 0.509. The molecule has 1 saturated carbocycles. The molecule has 15 heavy (non-hydrogen) atoms. The molecule has 0 radical (unpaired) electrons. The van der Waals surface area contributed by atoms with E-state index in [9.17, 15) is 0 Å². The van der Waals surface area contributed by atoms with E-state index in [1.165, 1.54) is 12.8 Å². The summed E-state index contributed by atoms with van der Waals surface area (Å²) in [5.41, 5.74) is 1.75. The van der Waals surface area contributed by atoms with Crippen LogP contribution in [0.1, 0.15) is 24.5 Å². The van der Waals surface area contributed by atoms with E-state index in [1.54, 1.807) is 17.8 Å². The molecule has 2 heterocycles. The largest absolute Gasteiger partial charge is 0.492 e. The minimum absolute atomic E-state index is 0.509. The number of ether oxygens (including phenoxy) is 1. The summed E-state index contributed by atoms with van der Waals surface area (Å²) < 4.78 is 6.89. The topological polar surface area (TPSA) is 39.4 Å². The molecule has 2 aromatic rings. The Bertz CT molecular complexity index is 519. The second kappa shape index (κ2) is 3.10. The van der Waals surface area contributed by atoms with E-state index < -0.39 is 0 Å². The molecule has 0 aliphatic heterocycles. The van der Waals surface area contributed by atoms with Crippen LogP contribution in [-0.4, -0.2) is 21.7 Å². The molecule has 78 valence electrons. The fourth-order valence-corrected chi connectivity index (χ4v) is 2.03. The number of aromatic nitrogens is 3. The Balaban J connectivity index is 2.31. The van der Waals surface area contributed by atoms with Crippen molar-refractivity contribution >= 4 is 17.2 Å². The van der Waals surface area contributed by atoms with Crippen molar-refractivity contribution in [3.63, 3.8) is 0 Å². The maximum Gasteiger partial charge on any atom is 0.178 e. The molecular formula is C10H10ClN3O. The second-order valence-electron chi connectivity index (χ2n) is 3.70. The van der Waals surface area contributed by atoms with E-state index in [0.717, 1.165) is 11.3 Å². The molecule has 0 N–H and O–H groups in total. The lowest BCUT2D eigenvalue weighted by atomic mass is 10.2. The van der Waals surface area contributed by atoms with Gasteiger partial charge in [0.25, 0.3) is 0 Å². The van der Waals surface area contributed by atoms with Crippen molar-refractivity contribution < 1.29 is 4.74 Å². The van der Waals surface area contributed by atoms with Crippen LogP contribution in [0.4, 0.5) is 0 Å². The Morgan fingerprint density at radius 2 is 2.33 bits per heavy atom. The Labute approximate surface area is 91.8 Å². The summed E-state index contributed by atoms with van der Waals surface area (Å²) in [5.74, 6) is 1.17. The fourth-order valence-electron chi connectivity index (χ4n) is 1.73. The van der Waals surface area contributed by atoms with Crippen LogP contribution in [0.2, 0.25) is 5.15 Å². The van der Waals surface area contributed by atoms with Crippen molar-refractivity contribution in [2.24, 2.45) is 0 Å². The lowest BCUT2D eigenvalue weighted by Gasteiger charge is -2.09. The minimum Gasteiger partial charge on any atom is -0.492 e. The molecule has 5 heteroatoms. The van der Waals surface area contributed by atoms with Crippen LogP contribution in [0.15, 0.2) is 12.3 Å². The van der Waals surface area contributed by atoms with Gasteiger partial charge in [-0.1, -0.05) is 11.6 Å². The van der Waals surface area contributed by atoms with Crippen molar-refractivity contribution in [3.05, 3.63) is 23.1 Å². The molecule has 2 aromatic heterocycles. The monoisotopic (exact) mass is 223 g/mol. The van der Waals surface area contributed by atoms with Gasteiger partial charge in [-0.3, -0.25) is 0 Å². The van der Waals surface area contributed by atoms with Crippen LogP contribution in [0.25, 0.3) is 5.65 Å². The van der Waals surface area contributed by atoms with Gasteiger partial charge in [0.1, 0.15) is 0 Å². The zero-order valence-corrected chi connectivity index (χ0v) is 9.03. The van der Waals surface area contributed by atoms with Gasteiger partial charge in [0, 0.05) is 12.0 Å². The van der Waals surface area contributed by atoms with Gasteiger partial charge in [0.15, 0.2) is 16.5 Å². The van der Waals surface area contributed by atoms with E-state index in [4.69, 9.17) is 16.3 Å². The zero-order valence-electron chi connectivity index (χ0n) is 8.27. The number of hydrogen-bond acceptors (Lipinski definition) is 3. The molecule has 1 aliphatic carbocycles. The average molecular weight is 224 g/mol. The summed E-state index contributed by atoms with van der Waals surface area (Å²) in [7, 11) is 1.62. The number of hydrogen-bond donors (Lipinski definition) is 0. The van der Waals surface area contributed by atoms with E-state index >= 15 is 0 Å². The van der Waals surface area contributed by atoms with Crippen LogP contribution in [-0.2, 0) is 0 Å². The van der Waals surface area contributed by atoms with Gasteiger partial charge in [-0.15, -0.1) is 0 Å². The molecule has 0 bridgehead atoms. The van der Waals surface area contributed by atoms with Gasteiger partial charge < -0.3 is 4.74 Å². The van der Waals surface area contributed by atoms with Crippen molar-refractivity contribution in [2.45, 2.75) is 18.8 Å². The SMILES string of the molecule is COc1c(C2CC2)nc2ccnn2c1Cl. The lowest BCUT2D eigenvalue weighted by molar-refractivity contribution is 0.403. The highest BCUT2D eigenvalue weighted by Crippen LogP contribution is 2.45. The first-order valence-electron chi connectivity index (χ1n) is 4.88. The molecule has 1 fully saturated rings. The van der Waals surface area contributed by atoms with Crippen LogP contribution < -0.4 is 4.74 Å². The van der Waals surface area contributed by atoms with Gasteiger partial charge in [-0.25, -0.2) is 9.50 Å². The Morgan fingerprint density at radius 1 is 1.53 bits per heavy atom. The highest BCUT2D eigenvalue weighted by molar-refractivity contribution is 6.31. The van der Waals surface area contributed by atoms with Crippen LogP contribution in [0.3, 0.4) is 0 Å². The number of fused-ring (bicyclic) bond motifs is 1. The van der Waals surface area contributed by atoms with E-state index in [2.05, 4.69) is 10.1 Å². The van der Waals surface area contributed by atoms with Crippen molar-refractivity contribution in [2.75, 3.05) is 7.11 Å². The Morgan fingerprint density at radius 3 is 3.00 bits per heavy atom. The van der Waals surface area contributed by atoms with Gasteiger partial charge in [-0.2, -0.15) is 5.10 Å². The molecule has 0 aromatic carbocycles. The summed E-state index contributed by atoms with van der Waals surface area (Å²) in [6.07, 6.45) is 4.03. The predicted molar refractivity (Wildman–Crippen MR) is 56.5 cm³/mol. The standard InChI is InChI=1S/C10H10ClN3O/c1-15-9-8(6-2-3-6)13-7-4-5-12-14(7)10(9)11/h4-6H,2-3H2,1H3. The second-order valence-corrected chi connectivity index (χ2v) is 4.05. The molecule has 0 spiro atoms. The molecular weight excluding hydrogens is 214 g/mol. The molecule has 3 rings (SSSR count). The van der Waals surface area contributed by atoms with Crippen molar-refractivity contribution in [1.29, 1.82) is 0 Å². The lowest BCUT2D eigenvalue weighted by Crippen LogP contribution is -2.01.